The van der Waals surface area contributed by atoms with Crippen molar-refractivity contribution in [2.75, 3.05) is 0 Å². The lowest BCUT2D eigenvalue weighted by molar-refractivity contribution is 0.848. The third kappa shape index (κ3) is 10.4. The summed E-state index contributed by atoms with van der Waals surface area (Å²) in [5.74, 6) is 0. The maximum Gasteiger partial charge on any atom is -0.0136 e. The van der Waals surface area contributed by atoms with Crippen molar-refractivity contribution >= 4 is 0 Å². The zero-order chi connectivity index (χ0) is 13.8. The second-order valence-corrected chi connectivity index (χ2v) is 5.24. The van der Waals surface area contributed by atoms with Crippen LogP contribution in [0, 0.1) is 6.92 Å². The van der Waals surface area contributed by atoms with Gasteiger partial charge in [-0.3, -0.25) is 0 Å². The Labute approximate surface area is 115 Å². The minimum absolute atomic E-state index is 1.12. The molecule has 0 saturated heterocycles. The van der Waals surface area contributed by atoms with E-state index < -0.39 is 0 Å². The summed E-state index contributed by atoms with van der Waals surface area (Å²) < 4.78 is 0. The van der Waals surface area contributed by atoms with Gasteiger partial charge in [-0.25, -0.2) is 0 Å². The van der Waals surface area contributed by atoms with Crippen LogP contribution in [0.4, 0.5) is 0 Å². The van der Waals surface area contributed by atoms with Crippen LogP contribution < -0.4 is 0 Å². The Morgan fingerprint density at radius 1 is 0.889 bits per heavy atom. The zero-order valence-electron chi connectivity index (χ0n) is 12.9. The highest BCUT2D eigenvalue weighted by Crippen LogP contribution is 2.15. The molecule has 1 radical (unpaired) electrons. The monoisotopic (exact) mass is 247 g/mol. The van der Waals surface area contributed by atoms with Gasteiger partial charge in [0.25, 0.3) is 0 Å². The van der Waals surface area contributed by atoms with Crippen molar-refractivity contribution < 1.29 is 0 Å². The van der Waals surface area contributed by atoms with Crippen molar-refractivity contribution in [2.24, 2.45) is 0 Å². The fourth-order valence-electron chi connectivity index (χ4n) is 1.91. The highest BCUT2D eigenvalue weighted by Gasteiger charge is 1.95. The lowest BCUT2D eigenvalue weighted by Crippen LogP contribution is -1.84. The number of unbranched alkanes of at least 4 members (excludes halogenated alkanes) is 1. The molecular formula is C18H31. The SMILES string of the molecule is [CH2]C(C)=CCCC(C)=CCC(=CCCC)CCC. The van der Waals surface area contributed by atoms with Gasteiger partial charge in [-0.1, -0.05) is 61.6 Å². The van der Waals surface area contributed by atoms with Gasteiger partial charge in [0.2, 0.25) is 0 Å². The van der Waals surface area contributed by atoms with Crippen molar-refractivity contribution in [3.05, 3.63) is 41.9 Å². The van der Waals surface area contributed by atoms with Crippen LogP contribution >= 0.6 is 0 Å². The molecule has 0 spiro atoms. The lowest BCUT2D eigenvalue weighted by Gasteiger charge is -2.05. The van der Waals surface area contributed by atoms with E-state index >= 15 is 0 Å². The first-order valence-electron chi connectivity index (χ1n) is 7.42. The van der Waals surface area contributed by atoms with Gasteiger partial charge in [0.05, 0.1) is 0 Å². The van der Waals surface area contributed by atoms with Gasteiger partial charge in [0.15, 0.2) is 0 Å². The highest BCUT2D eigenvalue weighted by molar-refractivity contribution is 5.12. The molecule has 0 aliphatic rings. The van der Waals surface area contributed by atoms with Crippen molar-refractivity contribution in [3.8, 4) is 0 Å². The Bertz CT molecular complexity index is 285. The first-order chi connectivity index (χ1) is 8.60. The molecule has 0 atom stereocenters. The molecule has 0 heteroatoms. The number of hydrogen-bond donors (Lipinski definition) is 0. The zero-order valence-corrected chi connectivity index (χ0v) is 12.9. The molecular weight excluding hydrogens is 216 g/mol. The van der Waals surface area contributed by atoms with Crippen LogP contribution in [0.5, 0.6) is 0 Å². The molecule has 0 rings (SSSR count). The molecule has 0 aliphatic heterocycles. The van der Waals surface area contributed by atoms with Gasteiger partial charge < -0.3 is 0 Å². The summed E-state index contributed by atoms with van der Waals surface area (Å²) >= 11 is 0. The van der Waals surface area contributed by atoms with Gasteiger partial charge in [-0.05, 0) is 52.9 Å². The van der Waals surface area contributed by atoms with Gasteiger partial charge >= 0.3 is 0 Å². The predicted molar refractivity (Wildman–Crippen MR) is 84.6 cm³/mol. The minimum atomic E-state index is 1.12. The number of rotatable bonds is 9. The first kappa shape index (κ1) is 17.2. The molecule has 0 aromatic carbocycles. The van der Waals surface area contributed by atoms with Crippen LogP contribution in [0.3, 0.4) is 0 Å². The Hall–Kier alpha value is -0.780. The summed E-state index contributed by atoms with van der Waals surface area (Å²) in [4.78, 5) is 0. The molecule has 18 heavy (non-hydrogen) atoms. The van der Waals surface area contributed by atoms with Crippen LogP contribution in [0.2, 0.25) is 0 Å². The largest absolute Gasteiger partial charge is 0.0853 e. The fourth-order valence-corrected chi connectivity index (χ4v) is 1.91. The van der Waals surface area contributed by atoms with E-state index in [-0.39, 0.29) is 0 Å². The van der Waals surface area contributed by atoms with Crippen LogP contribution in [-0.2, 0) is 0 Å². The van der Waals surface area contributed by atoms with Crippen molar-refractivity contribution in [1.29, 1.82) is 0 Å². The topological polar surface area (TPSA) is 0 Å². The molecule has 0 fully saturated rings. The van der Waals surface area contributed by atoms with E-state index in [9.17, 15) is 0 Å². The molecule has 0 aliphatic carbocycles. The van der Waals surface area contributed by atoms with E-state index in [0.717, 1.165) is 12.8 Å². The smallest absolute Gasteiger partial charge is 0.0136 e. The molecule has 0 heterocycles. The van der Waals surface area contributed by atoms with Gasteiger partial charge in [0, 0.05) is 0 Å². The Morgan fingerprint density at radius 2 is 1.61 bits per heavy atom. The molecule has 0 amide bonds. The quantitative estimate of drug-likeness (QED) is 0.413. The maximum absolute atomic E-state index is 3.90. The van der Waals surface area contributed by atoms with E-state index in [4.69, 9.17) is 0 Å². The molecule has 0 unspecified atom stereocenters. The van der Waals surface area contributed by atoms with Gasteiger partial charge in [-0.2, -0.15) is 0 Å². The second kappa shape index (κ2) is 11.3. The average Bonchev–Trinajstić information content (AvgIpc) is 2.32. The molecule has 0 aromatic heterocycles. The Kier molecular flexibility index (Phi) is 10.8. The molecule has 0 saturated carbocycles. The van der Waals surface area contributed by atoms with E-state index in [1.54, 1.807) is 5.57 Å². The van der Waals surface area contributed by atoms with E-state index in [0.29, 0.717) is 0 Å². The second-order valence-electron chi connectivity index (χ2n) is 5.24. The van der Waals surface area contributed by atoms with Gasteiger partial charge in [0.1, 0.15) is 0 Å². The van der Waals surface area contributed by atoms with Crippen molar-refractivity contribution in [2.45, 2.75) is 72.6 Å². The standard InChI is InChI=1S/C18H31/c1-6-8-13-18(10-7-2)15-14-17(5)12-9-11-16(3)4/h11,13-14H,3,6-10,12,15H2,1-2,4-5H3. The van der Waals surface area contributed by atoms with E-state index in [1.807, 2.05) is 0 Å². The van der Waals surface area contributed by atoms with Crippen LogP contribution in [-0.4, -0.2) is 0 Å². The fraction of sp³-hybridized carbons (Fsp3) is 0.611. The third-order valence-corrected chi connectivity index (χ3v) is 3.04. The van der Waals surface area contributed by atoms with Crippen LogP contribution in [0.25, 0.3) is 0 Å². The van der Waals surface area contributed by atoms with E-state index in [2.05, 4.69) is 52.8 Å². The summed E-state index contributed by atoms with van der Waals surface area (Å²) in [6.07, 6.45) is 15.5. The summed E-state index contributed by atoms with van der Waals surface area (Å²) in [5.41, 5.74) is 4.30. The summed E-state index contributed by atoms with van der Waals surface area (Å²) in [6, 6.07) is 0. The highest BCUT2D eigenvalue weighted by atomic mass is 14.0. The maximum atomic E-state index is 3.90. The Morgan fingerprint density at radius 3 is 2.17 bits per heavy atom. The Balaban J connectivity index is 4.17. The predicted octanol–water partition coefficient (Wildman–Crippen LogP) is 6.41. The first-order valence-corrected chi connectivity index (χ1v) is 7.42. The summed E-state index contributed by atoms with van der Waals surface area (Å²) in [5, 5.41) is 0. The molecule has 0 bridgehead atoms. The van der Waals surface area contributed by atoms with Gasteiger partial charge in [-0.15, -0.1) is 0 Å². The molecule has 0 nitrogen and oxygen atoms in total. The van der Waals surface area contributed by atoms with Crippen LogP contribution in [0.1, 0.15) is 72.6 Å². The summed E-state index contributed by atoms with van der Waals surface area (Å²) in [7, 11) is 0. The number of allylic oxidation sites excluding steroid dienone is 6. The minimum Gasteiger partial charge on any atom is -0.0853 e. The van der Waals surface area contributed by atoms with E-state index in [1.165, 1.54) is 43.3 Å². The molecule has 0 aromatic rings. The van der Waals surface area contributed by atoms with Crippen LogP contribution in [0.15, 0.2) is 34.9 Å². The van der Waals surface area contributed by atoms with Crippen molar-refractivity contribution in [1.82, 2.24) is 0 Å². The summed E-state index contributed by atoms with van der Waals surface area (Å²) in [6.45, 7) is 12.7. The van der Waals surface area contributed by atoms with Crippen molar-refractivity contribution in [3.63, 3.8) is 0 Å². The average molecular weight is 247 g/mol. The molecule has 0 N–H and O–H groups in total. The number of hydrogen-bond acceptors (Lipinski definition) is 0. The normalized spacial score (nSPS) is 14.2. The molecule has 103 valence electrons. The third-order valence-electron chi connectivity index (χ3n) is 3.04. The lowest BCUT2D eigenvalue weighted by atomic mass is 10.0.